The second kappa shape index (κ2) is 18.4. The van der Waals surface area contributed by atoms with Crippen molar-refractivity contribution in [2.24, 2.45) is 0 Å². The number of ether oxygens (including phenoxy) is 1. The SMILES string of the molecule is CC(C)(C)c1cc(Oc2[c-]c3c(cc2)c2ccccc2n3-c2cc(C(C)(C)C)ccn2)[c-]c(N2[CH-]N(c3cc(-c4cc(C(C)(C)C)cc(C(C)(C)C)c4)cc(C(C)(C)C)c3)c3ccc(C(C)(C)C)cc32)c1.[Pt]. The van der Waals surface area contributed by atoms with Crippen LogP contribution in [0, 0.1) is 18.8 Å². The molecule has 6 aromatic carbocycles. The van der Waals surface area contributed by atoms with Crippen LogP contribution in [0.2, 0.25) is 0 Å². The molecule has 1 aliphatic heterocycles. The molecule has 0 N–H and O–H groups in total. The Morgan fingerprint density at radius 1 is 0.444 bits per heavy atom. The summed E-state index contributed by atoms with van der Waals surface area (Å²) in [6, 6.07) is 50.3. The van der Waals surface area contributed by atoms with Gasteiger partial charge >= 0.3 is 0 Å². The first-order chi connectivity index (χ1) is 32.9. The Hall–Kier alpha value is -5.64. The van der Waals surface area contributed by atoms with Gasteiger partial charge in [-0.1, -0.05) is 179 Å². The maximum absolute atomic E-state index is 6.95. The molecule has 0 atom stereocenters. The number of hydrogen-bond acceptors (Lipinski definition) is 4. The van der Waals surface area contributed by atoms with Gasteiger partial charge in [-0.3, -0.25) is 0 Å². The predicted molar refractivity (Wildman–Crippen MR) is 302 cm³/mol. The third-order valence-corrected chi connectivity index (χ3v) is 14.2. The Morgan fingerprint density at radius 3 is 1.61 bits per heavy atom. The van der Waals surface area contributed by atoms with Gasteiger partial charge in [-0.2, -0.15) is 6.07 Å². The standard InChI is InChI=1S/C66H75N4O.Pt/c1-61(2,3)44-23-26-57-59(37-44)69(41-68(57)50-32-43(31-48(34-50)65(13,14)15)42-29-46(63(7,8)9)33-47(30-42)64(10,11)12)51-35-49(66(16,17)18)36-53(39-51)71-52-24-25-55-54-21-19-20-22-56(54)70(58(55)40-52)60-38-45(27-28-67-60)62(4,5)6;/h19-38,41H,1-18H3;/q-3;. The van der Waals surface area contributed by atoms with Gasteiger partial charge in [0.25, 0.3) is 0 Å². The van der Waals surface area contributed by atoms with Crippen molar-refractivity contribution in [3.05, 3.63) is 174 Å². The topological polar surface area (TPSA) is 33.5 Å². The van der Waals surface area contributed by atoms with Crippen LogP contribution in [0.5, 0.6) is 11.5 Å². The minimum Gasteiger partial charge on any atom is -0.509 e. The summed E-state index contributed by atoms with van der Waals surface area (Å²) in [5.41, 5.74) is 15.9. The molecule has 0 spiro atoms. The summed E-state index contributed by atoms with van der Waals surface area (Å²) >= 11 is 0. The molecule has 2 aromatic heterocycles. The second-order valence-corrected chi connectivity index (χ2v) is 26.2. The van der Waals surface area contributed by atoms with Crippen molar-refractivity contribution < 1.29 is 25.8 Å². The van der Waals surface area contributed by atoms with Gasteiger partial charge in [-0.05, 0) is 119 Å². The molecule has 0 amide bonds. The monoisotopic (exact) mass is 1130 g/mol. The van der Waals surface area contributed by atoms with Crippen molar-refractivity contribution in [1.82, 2.24) is 9.55 Å². The number of fused-ring (bicyclic) bond motifs is 4. The summed E-state index contributed by atoms with van der Waals surface area (Å²) in [6.07, 6.45) is 1.92. The molecule has 0 radical (unpaired) electrons. The van der Waals surface area contributed by atoms with Crippen molar-refractivity contribution in [2.45, 2.75) is 157 Å². The average molecular weight is 1140 g/mol. The van der Waals surface area contributed by atoms with Gasteiger partial charge in [0.2, 0.25) is 0 Å². The van der Waals surface area contributed by atoms with Crippen LogP contribution in [0.3, 0.4) is 0 Å². The minimum absolute atomic E-state index is 0. The molecule has 72 heavy (non-hydrogen) atoms. The van der Waals surface area contributed by atoms with E-state index in [2.05, 4.69) is 267 Å². The molecule has 3 heterocycles. The predicted octanol–water partition coefficient (Wildman–Crippen LogP) is 18.4. The van der Waals surface area contributed by atoms with E-state index < -0.39 is 0 Å². The molecule has 378 valence electrons. The number of anilines is 4. The molecule has 0 unspecified atom stereocenters. The summed E-state index contributed by atoms with van der Waals surface area (Å²) in [6.45, 7) is 43.5. The zero-order chi connectivity index (χ0) is 51.4. The van der Waals surface area contributed by atoms with Crippen LogP contribution in [0.15, 0.2) is 121 Å². The number of pyridine rings is 1. The smallest absolute Gasteiger partial charge is 0.135 e. The summed E-state index contributed by atoms with van der Waals surface area (Å²) in [4.78, 5) is 9.60. The van der Waals surface area contributed by atoms with E-state index in [1.165, 1.54) is 38.9 Å². The van der Waals surface area contributed by atoms with Crippen LogP contribution in [-0.2, 0) is 53.6 Å². The van der Waals surface area contributed by atoms with Crippen LogP contribution >= 0.6 is 0 Å². The maximum atomic E-state index is 6.95. The largest absolute Gasteiger partial charge is 0.509 e. The van der Waals surface area contributed by atoms with E-state index in [4.69, 9.17) is 9.72 Å². The number of benzene rings is 6. The molecular weight excluding hydrogens is 1060 g/mol. The van der Waals surface area contributed by atoms with E-state index in [9.17, 15) is 0 Å². The molecule has 6 heteroatoms. The fourth-order valence-electron chi connectivity index (χ4n) is 9.48. The summed E-state index contributed by atoms with van der Waals surface area (Å²) in [7, 11) is 0. The Morgan fingerprint density at radius 2 is 1.00 bits per heavy atom. The van der Waals surface area contributed by atoms with E-state index in [-0.39, 0.29) is 53.6 Å². The molecule has 5 nitrogen and oxygen atoms in total. The normalized spacial score (nSPS) is 13.8. The van der Waals surface area contributed by atoms with Crippen LogP contribution in [0.1, 0.15) is 158 Å². The fourth-order valence-corrected chi connectivity index (χ4v) is 9.48. The molecular formula is C66H75N4OPt-3. The van der Waals surface area contributed by atoms with Crippen molar-refractivity contribution >= 4 is 44.6 Å². The summed E-state index contributed by atoms with van der Waals surface area (Å²) < 4.78 is 9.17. The molecule has 0 saturated heterocycles. The third kappa shape index (κ3) is 10.4. The average Bonchev–Trinajstić information content (AvgIpc) is 3.83. The van der Waals surface area contributed by atoms with Gasteiger partial charge in [-0.15, -0.1) is 53.6 Å². The van der Waals surface area contributed by atoms with E-state index >= 15 is 0 Å². The van der Waals surface area contributed by atoms with Crippen molar-refractivity contribution in [2.75, 3.05) is 9.80 Å². The van der Waals surface area contributed by atoms with Crippen LogP contribution in [-0.4, -0.2) is 9.55 Å². The van der Waals surface area contributed by atoms with E-state index in [0.29, 0.717) is 11.5 Å². The number of hydrogen-bond donors (Lipinski definition) is 0. The second-order valence-electron chi connectivity index (χ2n) is 26.2. The molecule has 0 bridgehead atoms. The van der Waals surface area contributed by atoms with Gasteiger partial charge in [-0.25, -0.2) is 4.98 Å². The van der Waals surface area contributed by atoms with E-state index in [1.807, 2.05) is 12.3 Å². The zero-order valence-electron chi connectivity index (χ0n) is 46.1. The minimum atomic E-state index is -0.190. The first-order valence-corrected chi connectivity index (χ1v) is 25.5. The Bertz CT molecular complexity index is 3300. The molecule has 0 fully saturated rings. The van der Waals surface area contributed by atoms with E-state index in [0.717, 1.165) is 55.9 Å². The summed E-state index contributed by atoms with van der Waals surface area (Å²) in [5, 5.41) is 2.24. The zero-order valence-corrected chi connectivity index (χ0v) is 48.4. The number of para-hydroxylation sites is 1. The summed E-state index contributed by atoms with van der Waals surface area (Å²) in [5.74, 6) is 2.10. The number of nitrogens with zero attached hydrogens (tertiary/aromatic N) is 4. The first-order valence-electron chi connectivity index (χ1n) is 25.5. The van der Waals surface area contributed by atoms with Gasteiger partial charge in [0, 0.05) is 61.3 Å². The molecule has 0 saturated carbocycles. The number of rotatable bonds is 6. The van der Waals surface area contributed by atoms with Crippen molar-refractivity contribution in [1.29, 1.82) is 0 Å². The molecule has 9 rings (SSSR count). The fraction of sp³-hybridized carbons (Fsp3) is 0.364. The van der Waals surface area contributed by atoms with Crippen LogP contribution in [0.25, 0.3) is 38.8 Å². The van der Waals surface area contributed by atoms with E-state index in [1.54, 1.807) is 0 Å². The Kier molecular flexibility index (Phi) is 13.4. The molecule has 8 aromatic rings. The van der Waals surface area contributed by atoms with Crippen molar-refractivity contribution in [3.8, 4) is 28.4 Å². The van der Waals surface area contributed by atoms with Crippen LogP contribution < -0.4 is 14.5 Å². The van der Waals surface area contributed by atoms with Gasteiger partial charge < -0.3 is 19.1 Å². The van der Waals surface area contributed by atoms with Crippen LogP contribution in [0.4, 0.5) is 22.7 Å². The first kappa shape index (κ1) is 52.7. The number of aromatic nitrogens is 2. The van der Waals surface area contributed by atoms with Gasteiger partial charge in [0.15, 0.2) is 0 Å². The molecule has 0 aliphatic carbocycles. The third-order valence-electron chi connectivity index (χ3n) is 14.2. The van der Waals surface area contributed by atoms with Gasteiger partial charge in [0.05, 0.1) is 0 Å². The quantitative estimate of drug-likeness (QED) is 0.155. The van der Waals surface area contributed by atoms with Crippen molar-refractivity contribution in [3.63, 3.8) is 0 Å². The maximum Gasteiger partial charge on any atom is 0.135 e. The molecule has 1 aliphatic rings. The Labute approximate surface area is 446 Å². The van der Waals surface area contributed by atoms with Gasteiger partial charge in [0.1, 0.15) is 5.82 Å². The Balaban J connectivity index is 0.00000693.